The van der Waals surface area contributed by atoms with Gasteiger partial charge >= 0.3 is 0 Å². The average Bonchev–Trinajstić information content (AvgIpc) is 3.07. The highest BCUT2D eigenvalue weighted by Crippen LogP contribution is 2.27. The van der Waals surface area contributed by atoms with Gasteiger partial charge in [0.15, 0.2) is 5.82 Å². The van der Waals surface area contributed by atoms with Crippen LogP contribution in [-0.4, -0.2) is 34.3 Å². The summed E-state index contributed by atoms with van der Waals surface area (Å²) < 4.78 is 1.26. The number of aromatic nitrogens is 3. The Balaban J connectivity index is 1.69. The van der Waals surface area contributed by atoms with E-state index in [0.29, 0.717) is 5.92 Å². The predicted octanol–water partition coefficient (Wildman–Crippen LogP) is 2.70. The van der Waals surface area contributed by atoms with Crippen LogP contribution >= 0.6 is 33.9 Å². The van der Waals surface area contributed by atoms with Gasteiger partial charge in [-0.15, -0.1) is 16.4 Å². The van der Waals surface area contributed by atoms with Gasteiger partial charge in [-0.3, -0.25) is 5.10 Å². The smallest absolute Gasteiger partial charge is 0.245 e. The van der Waals surface area contributed by atoms with Gasteiger partial charge in [-0.05, 0) is 54.3 Å². The molecule has 0 amide bonds. The van der Waals surface area contributed by atoms with E-state index in [2.05, 4.69) is 61.0 Å². The number of nitrogens with one attached hydrogen (secondary N) is 1. The first-order valence-corrected chi connectivity index (χ1v) is 8.76. The van der Waals surface area contributed by atoms with E-state index in [1.54, 1.807) is 11.3 Å². The zero-order valence-electron chi connectivity index (χ0n) is 11.3. The summed E-state index contributed by atoms with van der Waals surface area (Å²) in [5, 5.41) is 9.50. The summed E-state index contributed by atoms with van der Waals surface area (Å²) in [6, 6.07) is 2.41. The van der Waals surface area contributed by atoms with Gasteiger partial charge in [-0.2, -0.15) is 4.98 Å². The second kappa shape index (κ2) is 5.98. The quantitative estimate of drug-likeness (QED) is 0.774. The summed E-state index contributed by atoms with van der Waals surface area (Å²) in [5.74, 6) is 2.29. The minimum absolute atomic E-state index is 0.285. The van der Waals surface area contributed by atoms with Crippen molar-refractivity contribution in [2.24, 2.45) is 11.7 Å². The van der Waals surface area contributed by atoms with Crippen LogP contribution in [0.2, 0.25) is 0 Å². The normalized spacial score (nSPS) is 18.4. The second-order valence-corrected chi connectivity index (χ2v) is 8.11. The maximum absolute atomic E-state index is 5.98. The van der Waals surface area contributed by atoms with Crippen LogP contribution < -0.4 is 10.6 Å². The summed E-state index contributed by atoms with van der Waals surface area (Å²) >= 11 is 4.04. The van der Waals surface area contributed by atoms with Crippen molar-refractivity contribution >= 4 is 39.9 Å². The highest BCUT2D eigenvalue weighted by Gasteiger charge is 2.24. The van der Waals surface area contributed by atoms with Crippen LogP contribution in [0.25, 0.3) is 11.4 Å². The van der Waals surface area contributed by atoms with Gasteiger partial charge in [-0.1, -0.05) is 0 Å². The first kappa shape index (κ1) is 14.3. The number of halogens is 1. The summed E-state index contributed by atoms with van der Waals surface area (Å²) in [4.78, 5) is 6.86. The molecule has 1 unspecified atom stereocenters. The summed E-state index contributed by atoms with van der Waals surface area (Å²) in [6.07, 6.45) is 2.25. The van der Waals surface area contributed by atoms with Gasteiger partial charge in [0, 0.05) is 30.1 Å². The number of hydrogen-bond acceptors (Lipinski definition) is 5. The van der Waals surface area contributed by atoms with E-state index in [1.165, 1.54) is 2.88 Å². The molecule has 108 valence electrons. The Kier molecular flexibility index (Phi) is 4.27. The zero-order valence-corrected chi connectivity index (χ0v) is 14.3. The summed E-state index contributed by atoms with van der Waals surface area (Å²) in [7, 11) is 0. The minimum Gasteiger partial charge on any atom is -0.340 e. The molecule has 20 heavy (non-hydrogen) atoms. The molecular weight excluding hydrogens is 385 g/mol. The van der Waals surface area contributed by atoms with E-state index >= 15 is 0 Å². The van der Waals surface area contributed by atoms with E-state index in [4.69, 9.17) is 5.73 Å². The number of rotatable bonds is 3. The SMILES string of the molecule is CC(N)C1CCN(c2n[nH]c(-c3csc(I)c3)n2)CC1. The topological polar surface area (TPSA) is 70.8 Å². The van der Waals surface area contributed by atoms with Crippen molar-refractivity contribution in [2.45, 2.75) is 25.8 Å². The third-order valence-corrected chi connectivity index (χ3v) is 5.67. The average molecular weight is 403 g/mol. The van der Waals surface area contributed by atoms with Crippen LogP contribution in [0.1, 0.15) is 19.8 Å². The van der Waals surface area contributed by atoms with Gasteiger partial charge in [-0.25, -0.2) is 0 Å². The Morgan fingerprint density at radius 2 is 2.25 bits per heavy atom. The fourth-order valence-corrected chi connectivity index (χ4v) is 3.91. The maximum Gasteiger partial charge on any atom is 0.245 e. The molecule has 0 saturated carbocycles. The number of thiophene rings is 1. The van der Waals surface area contributed by atoms with Gasteiger partial charge in [0.2, 0.25) is 5.95 Å². The minimum atomic E-state index is 0.285. The predicted molar refractivity (Wildman–Crippen MR) is 91.0 cm³/mol. The molecule has 1 aliphatic rings. The zero-order chi connectivity index (χ0) is 14.1. The standard InChI is InChI=1S/C13H18IN5S/c1-8(15)9-2-4-19(5-3-9)13-16-12(17-18-13)10-6-11(14)20-7-10/h6-9H,2-5,15H2,1H3,(H,16,17,18). The monoisotopic (exact) mass is 403 g/mol. The third kappa shape index (κ3) is 2.99. The maximum atomic E-state index is 5.98. The van der Waals surface area contributed by atoms with Crippen LogP contribution in [0.15, 0.2) is 11.4 Å². The number of H-pyrrole nitrogens is 1. The Labute approximate surface area is 136 Å². The number of nitrogens with zero attached hydrogens (tertiary/aromatic N) is 3. The second-order valence-electron chi connectivity index (χ2n) is 5.31. The lowest BCUT2D eigenvalue weighted by molar-refractivity contribution is 0.352. The molecule has 1 aliphatic heterocycles. The molecule has 1 atom stereocenters. The molecule has 3 N–H and O–H groups in total. The van der Waals surface area contributed by atoms with Crippen molar-refractivity contribution in [3.63, 3.8) is 0 Å². The lowest BCUT2D eigenvalue weighted by Crippen LogP contribution is -2.40. The van der Waals surface area contributed by atoms with E-state index in [9.17, 15) is 0 Å². The molecular formula is C13H18IN5S. The van der Waals surface area contributed by atoms with Crippen molar-refractivity contribution < 1.29 is 0 Å². The molecule has 3 heterocycles. The Morgan fingerprint density at radius 1 is 1.50 bits per heavy atom. The van der Waals surface area contributed by atoms with Crippen LogP contribution in [0.5, 0.6) is 0 Å². The van der Waals surface area contributed by atoms with E-state index in [1.807, 2.05) is 0 Å². The summed E-state index contributed by atoms with van der Waals surface area (Å²) in [5.41, 5.74) is 7.09. The van der Waals surface area contributed by atoms with Crippen molar-refractivity contribution in [1.82, 2.24) is 15.2 Å². The molecule has 1 saturated heterocycles. The third-order valence-electron chi connectivity index (χ3n) is 3.88. The molecule has 2 aromatic heterocycles. The highest BCUT2D eigenvalue weighted by atomic mass is 127. The molecule has 1 fully saturated rings. The number of anilines is 1. The molecule has 0 aromatic carbocycles. The fourth-order valence-electron chi connectivity index (χ4n) is 2.58. The Hall–Kier alpha value is -0.670. The Bertz CT molecular complexity index is 571. The van der Waals surface area contributed by atoms with Crippen LogP contribution in [-0.2, 0) is 0 Å². The largest absolute Gasteiger partial charge is 0.340 e. The lowest BCUT2D eigenvalue weighted by atomic mass is 9.91. The van der Waals surface area contributed by atoms with E-state index in [0.717, 1.165) is 43.3 Å². The van der Waals surface area contributed by atoms with Crippen molar-refractivity contribution in [2.75, 3.05) is 18.0 Å². The summed E-state index contributed by atoms with van der Waals surface area (Å²) in [6.45, 7) is 4.08. The van der Waals surface area contributed by atoms with Gasteiger partial charge in [0.1, 0.15) is 0 Å². The molecule has 7 heteroatoms. The number of nitrogens with two attached hydrogens (primary N) is 1. The highest BCUT2D eigenvalue weighted by molar-refractivity contribution is 14.1. The molecule has 0 radical (unpaired) electrons. The molecule has 3 rings (SSSR count). The van der Waals surface area contributed by atoms with Crippen LogP contribution in [0, 0.1) is 8.80 Å². The Morgan fingerprint density at radius 3 is 2.85 bits per heavy atom. The van der Waals surface area contributed by atoms with Crippen molar-refractivity contribution in [3.8, 4) is 11.4 Å². The molecule has 0 spiro atoms. The van der Waals surface area contributed by atoms with Crippen molar-refractivity contribution in [3.05, 3.63) is 14.3 Å². The first-order valence-electron chi connectivity index (χ1n) is 6.81. The van der Waals surface area contributed by atoms with Gasteiger partial charge in [0.05, 0.1) is 2.88 Å². The van der Waals surface area contributed by atoms with Crippen molar-refractivity contribution in [1.29, 1.82) is 0 Å². The fraction of sp³-hybridized carbons (Fsp3) is 0.538. The van der Waals surface area contributed by atoms with Crippen LogP contribution in [0.4, 0.5) is 5.95 Å². The number of piperidine rings is 1. The van der Waals surface area contributed by atoms with E-state index in [-0.39, 0.29) is 6.04 Å². The van der Waals surface area contributed by atoms with Crippen LogP contribution in [0.3, 0.4) is 0 Å². The number of hydrogen-bond donors (Lipinski definition) is 2. The van der Waals surface area contributed by atoms with Gasteiger partial charge in [0.25, 0.3) is 0 Å². The lowest BCUT2D eigenvalue weighted by Gasteiger charge is -2.32. The molecule has 0 bridgehead atoms. The molecule has 2 aromatic rings. The van der Waals surface area contributed by atoms with Gasteiger partial charge < -0.3 is 10.6 Å². The first-order chi connectivity index (χ1) is 9.63. The van der Waals surface area contributed by atoms with E-state index < -0.39 is 0 Å². The molecule has 0 aliphatic carbocycles. The molecule has 5 nitrogen and oxygen atoms in total. The number of aromatic amines is 1.